The molecule has 0 saturated heterocycles. The van der Waals surface area contributed by atoms with E-state index in [2.05, 4.69) is 11.7 Å². The Labute approximate surface area is 85.3 Å². The molecule has 3 nitrogen and oxygen atoms in total. The van der Waals surface area contributed by atoms with Crippen LogP contribution in [0.5, 0.6) is 0 Å². The number of esters is 1. The number of hydrogen-bond donors (Lipinski definition) is 1. The number of ether oxygens (including phenoxy) is 1. The summed E-state index contributed by atoms with van der Waals surface area (Å²) in [6.07, 6.45) is 6.03. The van der Waals surface area contributed by atoms with Crippen molar-refractivity contribution in [1.29, 1.82) is 0 Å². The van der Waals surface area contributed by atoms with Crippen molar-refractivity contribution in [3.63, 3.8) is 0 Å². The summed E-state index contributed by atoms with van der Waals surface area (Å²) in [6.45, 7) is 2.26. The maximum Gasteiger partial charge on any atom is 0.332 e. The van der Waals surface area contributed by atoms with Gasteiger partial charge in [-0.15, -0.1) is 0 Å². The van der Waals surface area contributed by atoms with E-state index in [4.69, 9.17) is 5.73 Å². The number of methoxy groups -OCH3 is 1. The molecular weight excluding hydrogens is 178 g/mol. The first-order valence-electron chi connectivity index (χ1n) is 5.18. The lowest BCUT2D eigenvalue weighted by atomic mass is 9.81. The Bertz CT molecular complexity index is 227. The highest BCUT2D eigenvalue weighted by Crippen LogP contribution is 2.31. The van der Waals surface area contributed by atoms with Gasteiger partial charge in [0, 0.05) is 11.8 Å². The standard InChI is InChI=1S/C11H19NO2/c1-8-3-5-9(6-4-8)10(12)7-11(13)14-2/h7-9H,3-6,12H2,1-2H3. The zero-order chi connectivity index (χ0) is 10.6. The monoisotopic (exact) mass is 197 g/mol. The molecule has 1 rings (SSSR count). The lowest BCUT2D eigenvalue weighted by molar-refractivity contribution is -0.134. The van der Waals surface area contributed by atoms with Gasteiger partial charge in [-0.3, -0.25) is 0 Å². The molecule has 14 heavy (non-hydrogen) atoms. The Morgan fingerprint density at radius 3 is 2.43 bits per heavy atom. The first-order chi connectivity index (χ1) is 6.63. The van der Waals surface area contributed by atoms with Crippen LogP contribution in [0.15, 0.2) is 11.8 Å². The molecule has 0 aliphatic heterocycles. The minimum Gasteiger partial charge on any atom is -0.466 e. The highest BCUT2D eigenvalue weighted by atomic mass is 16.5. The van der Waals surface area contributed by atoms with Crippen LogP contribution in [0.2, 0.25) is 0 Å². The zero-order valence-corrected chi connectivity index (χ0v) is 8.95. The molecule has 0 aromatic heterocycles. The second-order valence-corrected chi connectivity index (χ2v) is 4.12. The zero-order valence-electron chi connectivity index (χ0n) is 8.95. The Kier molecular flexibility index (Phi) is 3.98. The molecule has 1 aliphatic rings. The van der Waals surface area contributed by atoms with Crippen molar-refractivity contribution in [3.05, 3.63) is 11.8 Å². The number of allylic oxidation sites excluding steroid dienone is 1. The quantitative estimate of drug-likeness (QED) is 0.542. The van der Waals surface area contributed by atoms with E-state index >= 15 is 0 Å². The third-order valence-corrected chi connectivity index (χ3v) is 2.97. The molecule has 80 valence electrons. The summed E-state index contributed by atoms with van der Waals surface area (Å²) in [5.74, 6) is 0.837. The van der Waals surface area contributed by atoms with Gasteiger partial charge in [0.05, 0.1) is 7.11 Å². The van der Waals surface area contributed by atoms with Gasteiger partial charge in [0.2, 0.25) is 0 Å². The van der Waals surface area contributed by atoms with Crippen LogP contribution in [0.25, 0.3) is 0 Å². The molecule has 1 aliphatic carbocycles. The van der Waals surface area contributed by atoms with E-state index in [1.54, 1.807) is 0 Å². The number of nitrogens with two attached hydrogens (primary N) is 1. The molecule has 0 bridgehead atoms. The van der Waals surface area contributed by atoms with Crippen LogP contribution in [0.3, 0.4) is 0 Å². The number of hydrogen-bond acceptors (Lipinski definition) is 3. The molecule has 2 N–H and O–H groups in total. The van der Waals surface area contributed by atoms with Gasteiger partial charge in [-0.05, 0) is 24.7 Å². The third kappa shape index (κ3) is 3.05. The Morgan fingerprint density at radius 2 is 1.93 bits per heavy atom. The van der Waals surface area contributed by atoms with Crippen molar-refractivity contribution >= 4 is 5.97 Å². The van der Waals surface area contributed by atoms with E-state index in [9.17, 15) is 4.79 Å². The SMILES string of the molecule is COC(=O)C=C(N)C1CCC(C)CC1. The highest BCUT2D eigenvalue weighted by molar-refractivity contribution is 5.82. The minimum atomic E-state index is -0.346. The molecule has 0 unspecified atom stereocenters. The summed E-state index contributed by atoms with van der Waals surface area (Å²) in [4.78, 5) is 11.0. The van der Waals surface area contributed by atoms with Crippen molar-refractivity contribution in [2.75, 3.05) is 7.11 Å². The molecule has 0 aromatic rings. The van der Waals surface area contributed by atoms with Crippen molar-refractivity contribution in [3.8, 4) is 0 Å². The maximum atomic E-state index is 11.0. The molecule has 3 heteroatoms. The molecule has 1 fully saturated rings. The van der Waals surface area contributed by atoms with E-state index < -0.39 is 0 Å². The van der Waals surface area contributed by atoms with E-state index in [1.807, 2.05) is 0 Å². The fraction of sp³-hybridized carbons (Fsp3) is 0.727. The second kappa shape index (κ2) is 5.03. The summed E-state index contributed by atoms with van der Waals surface area (Å²) < 4.78 is 4.54. The molecule has 0 amide bonds. The first-order valence-corrected chi connectivity index (χ1v) is 5.18. The van der Waals surface area contributed by atoms with Crippen molar-refractivity contribution in [1.82, 2.24) is 0 Å². The first kappa shape index (κ1) is 11.1. The lowest BCUT2D eigenvalue weighted by Crippen LogP contribution is -2.19. The van der Waals surface area contributed by atoms with Crippen LogP contribution in [-0.4, -0.2) is 13.1 Å². The molecule has 0 radical (unpaired) electrons. The second-order valence-electron chi connectivity index (χ2n) is 4.12. The predicted molar refractivity (Wildman–Crippen MR) is 55.4 cm³/mol. The van der Waals surface area contributed by atoms with E-state index in [0.717, 1.165) is 18.8 Å². The van der Waals surface area contributed by atoms with Crippen LogP contribution in [0.4, 0.5) is 0 Å². The van der Waals surface area contributed by atoms with Gasteiger partial charge in [0.15, 0.2) is 0 Å². The Hall–Kier alpha value is -0.990. The van der Waals surface area contributed by atoms with Crippen LogP contribution in [0, 0.1) is 11.8 Å². The molecular formula is C11H19NO2. The van der Waals surface area contributed by atoms with E-state index in [0.29, 0.717) is 11.6 Å². The summed E-state index contributed by atoms with van der Waals surface area (Å²) in [7, 11) is 1.37. The molecule has 0 spiro atoms. The molecule has 0 aromatic carbocycles. The fourth-order valence-electron chi connectivity index (χ4n) is 1.91. The van der Waals surface area contributed by atoms with Gasteiger partial charge in [-0.2, -0.15) is 0 Å². The highest BCUT2D eigenvalue weighted by Gasteiger charge is 2.20. The van der Waals surface area contributed by atoms with Crippen LogP contribution in [-0.2, 0) is 9.53 Å². The van der Waals surface area contributed by atoms with Gasteiger partial charge >= 0.3 is 5.97 Å². The predicted octanol–water partition coefficient (Wildman–Crippen LogP) is 1.83. The third-order valence-electron chi connectivity index (χ3n) is 2.97. The summed E-state index contributed by atoms with van der Waals surface area (Å²) in [6, 6.07) is 0. The summed E-state index contributed by atoms with van der Waals surface area (Å²) in [5, 5.41) is 0. The fourth-order valence-corrected chi connectivity index (χ4v) is 1.91. The Morgan fingerprint density at radius 1 is 1.36 bits per heavy atom. The van der Waals surface area contributed by atoms with E-state index in [1.165, 1.54) is 26.0 Å². The number of rotatable bonds is 2. The van der Waals surface area contributed by atoms with Crippen LogP contribution >= 0.6 is 0 Å². The van der Waals surface area contributed by atoms with Gasteiger partial charge in [0.1, 0.15) is 0 Å². The minimum absolute atomic E-state index is 0.346. The van der Waals surface area contributed by atoms with E-state index in [-0.39, 0.29) is 5.97 Å². The normalized spacial score (nSPS) is 28.6. The summed E-state index contributed by atoms with van der Waals surface area (Å²) in [5.41, 5.74) is 6.51. The largest absolute Gasteiger partial charge is 0.466 e. The lowest BCUT2D eigenvalue weighted by Gasteiger charge is -2.26. The van der Waals surface area contributed by atoms with Gasteiger partial charge < -0.3 is 10.5 Å². The van der Waals surface area contributed by atoms with Gasteiger partial charge in [-0.25, -0.2) is 4.79 Å². The maximum absolute atomic E-state index is 11.0. The Balaban J connectivity index is 2.48. The molecule has 0 atom stereocenters. The van der Waals surface area contributed by atoms with Gasteiger partial charge in [-0.1, -0.05) is 19.8 Å². The average Bonchev–Trinajstić information content (AvgIpc) is 2.18. The van der Waals surface area contributed by atoms with Crippen molar-refractivity contribution in [2.45, 2.75) is 32.6 Å². The average molecular weight is 197 g/mol. The van der Waals surface area contributed by atoms with Gasteiger partial charge in [0.25, 0.3) is 0 Å². The van der Waals surface area contributed by atoms with Crippen LogP contribution in [0.1, 0.15) is 32.6 Å². The number of carbonyl (C=O) groups is 1. The molecule has 0 heterocycles. The summed E-state index contributed by atoms with van der Waals surface area (Å²) >= 11 is 0. The van der Waals surface area contributed by atoms with Crippen LogP contribution < -0.4 is 5.73 Å². The smallest absolute Gasteiger partial charge is 0.332 e. The van der Waals surface area contributed by atoms with Crippen molar-refractivity contribution < 1.29 is 9.53 Å². The topological polar surface area (TPSA) is 52.3 Å². The van der Waals surface area contributed by atoms with Crippen molar-refractivity contribution in [2.24, 2.45) is 17.6 Å². The number of carbonyl (C=O) groups excluding carboxylic acids is 1. The molecule has 1 saturated carbocycles.